The first-order valence-electron chi connectivity index (χ1n) is 8.00. The smallest absolute Gasteiger partial charge is 0.251 e. The van der Waals surface area contributed by atoms with Crippen molar-refractivity contribution in [1.29, 1.82) is 0 Å². The number of carbonyl (C=O) groups excluding carboxylic acids is 1. The third-order valence-electron chi connectivity index (χ3n) is 4.60. The van der Waals surface area contributed by atoms with Crippen molar-refractivity contribution in [3.8, 4) is 5.75 Å². The number of benzene rings is 1. The van der Waals surface area contributed by atoms with Gasteiger partial charge in [0.15, 0.2) is 15.0 Å². The van der Waals surface area contributed by atoms with Crippen LogP contribution in [0.15, 0.2) is 23.2 Å². The van der Waals surface area contributed by atoms with E-state index in [2.05, 4.69) is 4.99 Å². The van der Waals surface area contributed by atoms with Gasteiger partial charge in [-0.1, -0.05) is 23.4 Å². The van der Waals surface area contributed by atoms with Gasteiger partial charge < -0.3 is 9.64 Å². The van der Waals surface area contributed by atoms with Crippen LogP contribution in [0.5, 0.6) is 5.75 Å². The fraction of sp³-hybridized carbons (Fsp3) is 0.500. The lowest BCUT2D eigenvalue weighted by atomic mass is 10.2. The van der Waals surface area contributed by atoms with Crippen LogP contribution in [0.3, 0.4) is 0 Å². The number of rotatable bonds is 3. The predicted molar refractivity (Wildman–Crippen MR) is 99.5 cm³/mol. The number of halogens is 1. The van der Waals surface area contributed by atoms with Gasteiger partial charge in [0.1, 0.15) is 5.75 Å². The first-order valence-corrected chi connectivity index (χ1v) is 11.1. The van der Waals surface area contributed by atoms with Gasteiger partial charge in [-0.05, 0) is 31.0 Å². The van der Waals surface area contributed by atoms with Crippen LogP contribution in [0, 0.1) is 5.92 Å². The van der Waals surface area contributed by atoms with E-state index in [4.69, 9.17) is 16.3 Å². The highest BCUT2D eigenvalue weighted by Crippen LogP contribution is 2.45. The molecule has 1 aromatic rings. The molecule has 1 aliphatic carbocycles. The zero-order valence-corrected chi connectivity index (χ0v) is 15.9. The highest BCUT2D eigenvalue weighted by atomic mass is 35.5. The zero-order chi connectivity index (χ0) is 17.8. The second kappa shape index (κ2) is 6.17. The van der Waals surface area contributed by atoms with Gasteiger partial charge in [0, 0.05) is 16.2 Å². The fourth-order valence-corrected chi connectivity index (χ4v) is 7.29. The number of ether oxygens (including phenoxy) is 1. The van der Waals surface area contributed by atoms with Crippen LogP contribution in [0.1, 0.15) is 12.8 Å². The van der Waals surface area contributed by atoms with Crippen molar-refractivity contribution < 1.29 is 17.9 Å². The number of anilines is 1. The van der Waals surface area contributed by atoms with Gasteiger partial charge in [-0.3, -0.25) is 4.79 Å². The highest BCUT2D eigenvalue weighted by molar-refractivity contribution is 8.16. The van der Waals surface area contributed by atoms with Gasteiger partial charge in [-0.15, -0.1) is 0 Å². The molecule has 2 atom stereocenters. The molecule has 0 N–H and O–H groups in total. The van der Waals surface area contributed by atoms with Crippen molar-refractivity contribution >= 4 is 50.0 Å². The summed E-state index contributed by atoms with van der Waals surface area (Å²) in [7, 11) is -1.56. The third kappa shape index (κ3) is 3.27. The molecule has 6 nitrogen and oxygen atoms in total. The Morgan fingerprint density at radius 3 is 2.80 bits per heavy atom. The highest BCUT2D eigenvalue weighted by Gasteiger charge is 2.50. The number of hydrogen-bond donors (Lipinski definition) is 0. The molecule has 1 aromatic carbocycles. The zero-order valence-electron chi connectivity index (χ0n) is 13.5. The number of fused-ring (bicyclic) bond motifs is 1. The van der Waals surface area contributed by atoms with Crippen molar-refractivity contribution in [2.75, 3.05) is 23.5 Å². The number of thioether (sulfide) groups is 1. The Bertz CT molecular complexity index is 867. The van der Waals surface area contributed by atoms with Gasteiger partial charge >= 0.3 is 0 Å². The minimum absolute atomic E-state index is 0.0142. The molecule has 0 bridgehead atoms. The van der Waals surface area contributed by atoms with Crippen molar-refractivity contribution in [3.63, 3.8) is 0 Å². The lowest BCUT2D eigenvalue weighted by Gasteiger charge is -2.26. The summed E-state index contributed by atoms with van der Waals surface area (Å²) in [6, 6.07) is 4.90. The largest absolute Gasteiger partial charge is 0.495 e. The van der Waals surface area contributed by atoms with Crippen molar-refractivity contribution in [1.82, 2.24) is 0 Å². The van der Waals surface area contributed by atoms with Crippen LogP contribution < -0.4 is 9.64 Å². The monoisotopic (exact) mass is 400 g/mol. The van der Waals surface area contributed by atoms with Crippen molar-refractivity contribution in [2.45, 2.75) is 24.1 Å². The molecule has 3 aliphatic rings. The molecule has 0 unspecified atom stereocenters. The summed E-state index contributed by atoms with van der Waals surface area (Å²) in [4.78, 5) is 18.3. The van der Waals surface area contributed by atoms with E-state index >= 15 is 0 Å². The molecule has 4 rings (SSSR count). The average Bonchev–Trinajstić information content (AvgIpc) is 3.28. The Morgan fingerprint density at radius 2 is 2.12 bits per heavy atom. The van der Waals surface area contributed by atoms with E-state index in [0.717, 1.165) is 12.8 Å². The van der Waals surface area contributed by atoms with Gasteiger partial charge in [-0.2, -0.15) is 4.99 Å². The fourth-order valence-electron chi connectivity index (χ4n) is 3.21. The summed E-state index contributed by atoms with van der Waals surface area (Å²) >= 11 is 7.51. The number of methoxy groups -OCH3 is 1. The molecule has 0 aromatic heterocycles. The second-order valence-electron chi connectivity index (χ2n) is 6.49. The molecule has 2 saturated heterocycles. The topological polar surface area (TPSA) is 76.0 Å². The van der Waals surface area contributed by atoms with Gasteiger partial charge in [0.25, 0.3) is 5.91 Å². The van der Waals surface area contributed by atoms with E-state index in [0.29, 0.717) is 21.6 Å². The number of amidine groups is 1. The minimum atomic E-state index is -3.11. The number of amides is 1. The quantitative estimate of drug-likeness (QED) is 0.775. The molecule has 134 valence electrons. The van der Waals surface area contributed by atoms with Gasteiger partial charge in [0.2, 0.25) is 0 Å². The maximum Gasteiger partial charge on any atom is 0.251 e. The molecule has 25 heavy (non-hydrogen) atoms. The first kappa shape index (κ1) is 17.2. The van der Waals surface area contributed by atoms with E-state index < -0.39 is 9.84 Å². The van der Waals surface area contributed by atoms with E-state index in [-0.39, 0.29) is 34.6 Å². The van der Waals surface area contributed by atoms with E-state index in [1.165, 1.54) is 11.8 Å². The van der Waals surface area contributed by atoms with Gasteiger partial charge in [0.05, 0.1) is 30.3 Å². The SMILES string of the molecule is COc1ccc(Cl)cc1N1C(=NC(=O)C2CC2)S[C@@H]2CS(=O)(=O)C[C@H]21. The standard InChI is InChI=1S/C16H17ClN2O4S2/c1-23-13-5-4-10(17)6-11(13)19-12-7-25(21,22)8-14(12)24-16(19)18-15(20)9-2-3-9/h4-6,9,12,14H,2-3,7-8H2,1H3/t12-,14-/m1/s1. The molecule has 9 heteroatoms. The third-order valence-corrected chi connectivity index (χ3v) is 8.04. The number of hydrogen-bond acceptors (Lipinski definition) is 5. The van der Waals surface area contributed by atoms with E-state index in [1.807, 2.05) is 4.90 Å². The number of nitrogens with zero attached hydrogens (tertiary/aromatic N) is 2. The normalized spacial score (nSPS) is 29.0. The Kier molecular flexibility index (Phi) is 4.24. The molecular formula is C16H17ClN2O4S2. The van der Waals surface area contributed by atoms with Crippen LogP contribution in [0.4, 0.5) is 5.69 Å². The van der Waals surface area contributed by atoms with Gasteiger partial charge in [-0.25, -0.2) is 8.42 Å². The second-order valence-corrected chi connectivity index (χ2v) is 10.3. The summed E-state index contributed by atoms with van der Waals surface area (Å²) in [5, 5.41) is 0.916. The lowest BCUT2D eigenvalue weighted by molar-refractivity contribution is -0.118. The predicted octanol–water partition coefficient (Wildman–Crippen LogP) is 2.36. The molecule has 1 amide bonds. The summed E-state index contributed by atoms with van der Waals surface area (Å²) in [6.45, 7) is 0. The Morgan fingerprint density at radius 1 is 1.36 bits per heavy atom. The summed E-state index contributed by atoms with van der Waals surface area (Å²) in [6.07, 6.45) is 1.75. The summed E-state index contributed by atoms with van der Waals surface area (Å²) < 4.78 is 29.6. The van der Waals surface area contributed by atoms with Crippen molar-refractivity contribution in [2.24, 2.45) is 10.9 Å². The van der Waals surface area contributed by atoms with E-state index in [1.54, 1.807) is 25.3 Å². The van der Waals surface area contributed by atoms with Crippen LogP contribution in [0.25, 0.3) is 0 Å². The van der Waals surface area contributed by atoms with Crippen LogP contribution in [0.2, 0.25) is 5.02 Å². The molecular weight excluding hydrogens is 384 g/mol. The molecule has 2 aliphatic heterocycles. The Hall–Kier alpha value is -1.25. The number of aliphatic imine (C=N–C) groups is 1. The molecule has 2 heterocycles. The molecule has 0 radical (unpaired) electrons. The summed E-state index contributed by atoms with van der Waals surface area (Å²) in [5.41, 5.74) is 0.648. The van der Waals surface area contributed by atoms with Crippen molar-refractivity contribution in [3.05, 3.63) is 23.2 Å². The van der Waals surface area contributed by atoms with E-state index in [9.17, 15) is 13.2 Å². The first-order chi connectivity index (χ1) is 11.9. The number of carbonyl (C=O) groups is 1. The molecule has 3 fully saturated rings. The summed E-state index contributed by atoms with van der Waals surface area (Å²) in [5.74, 6) is 0.591. The maximum absolute atomic E-state index is 12.2. The van der Waals surface area contributed by atoms with Crippen LogP contribution in [-0.2, 0) is 14.6 Å². The minimum Gasteiger partial charge on any atom is -0.495 e. The lowest BCUT2D eigenvalue weighted by Crippen LogP contribution is -2.38. The average molecular weight is 401 g/mol. The Balaban J connectivity index is 1.78. The van der Waals surface area contributed by atoms with Crippen LogP contribution >= 0.6 is 23.4 Å². The molecule has 0 spiro atoms. The molecule has 1 saturated carbocycles. The maximum atomic E-state index is 12.2. The van der Waals surface area contributed by atoms with Crippen LogP contribution in [-0.4, -0.2) is 49.4 Å². The Labute approximate surface area is 155 Å². The number of sulfone groups is 1.